The van der Waals surface area contributed by atoms with Crippen LogP contribution in [0.4, 0.5) is 0 Å². The molecule has 1 unspecified atom stereocenters. The van der Waals surface area contributed by atoms with E-state index in [-0.39, 0.29) is 25.6 Å². The van der Waals surface area contributed by atoms with Gasteiger partial charge in [0.25, 0.3) is 0 Å². The number of benzene rings is 2. The Hall–Kier alpha value is -3.30. The number of fused-ring (bicyclic) bond motifs is 1. The molecular formula is C18H19N5O4. The zero-order valence-corrected chi connectivity index (χ0v) is 14.4. The average molecular weight is 369 g/mol. The molecule has 9 nitrogen and oxygen atoms in total. The minimum Gasteiger partial charge on any atom is -0.346 e. The number of ether oxygens (including phenoxy) is 1. The summed E-state index contributed by atoms with van der Waals surface area (Å²) in [6.07, 6.45) is -0.682. The van der Waals surface area contributed by atoms with Gasteiger partial charge in [-0.25, -0.2) is 4.79 Å². The molecule has 0 spiro atoms. The van der Waals surface area contributed by atoms with Crippen molar-refractivity contribution in [3.05, 3.63) is 60.2 Å². The molecule has 3 N–H and O–H groups in total. The van der Waals surface area contributed by atoms with Gasteiger partial charge in [0.05, 0.1) is 6.54 Å². The summed E-state index contributed by atoms with van der Waals surface area (Å²) in [6, 6.07) is 16.4. The second kappa shape index (κ2) is 8.88. The summed E-state index contributed by atoms with van der Waals surface area (Å²) in [5.74, 6) is -1.04. The Morgan fingerprint density at radius 1 is 1.11 bits per heavy atom. The van der Waals surface area contributed by atoms with Crippen LogP contribution in [0.3, 0.4) is 0 Å². The number of nitrogens with two attached hydrogens (primary N) is 1. The van der Waals surface area contributed by atoms with Crippen molar-refractivity contribution in [1.82, 2.24) is 20.5 Å². The maximum atomic E-state index is 12.6. The number of para-hydroxylation sites is 1. The molecule has 1 atom stereocenters. The average Bonchev–Trinajstić information content (AvgIpc) is 3.10. The van der Waals surface area contributed by atoms with E-state index in [1.165, 1.54) is 0 Å². The van der Waals surface area contributed by atoms with E-state index in [4.69, 9.17) is 15.3 Å². The lowest BCUT2D eigenvalue weighted by Crippen LogP contribution is -2.39. The summed E-state index contributed by atoms with van der Waals surface area (Å²) >= 11 is 0. The summed E-state index contributed by atoms with van der Waals surface area (Å²) in [6.45, 7) is -0.331. The van der Waals surface area contributed by atoms with Crippen LogP contribution in [0.1, 0.15) is 5.56 Å². The highest BCUT2D eigenvalue weighted by Gasteiger charge is 2.24. The third-order valence-corrected chi connectivity index (χ3v) is 3.76. The monoisotopic (exact) mass is 369 g/mol. The van der Waals surface area contributed by atoms with E-state index in [9.17, 15) is 9.59 Å². The van der Waals surface area contributed by atoms with Crippen LogP contribution < -0.4 is 15.9 Å². The van der Waals surface area contributed by atoms with Crippen molar-refractivity contribution in [2.24, 2.45) is 5.73 Å². The standard InChI is InChI=1S/C18H19N5O4/c19-11-17(24)20-12-26-16(10-13-6-2-1-3-7-13)18(25)27-23-15-9-5-4-8-14(15)21-22-23/h1-9,16H,10-12,19H2,(H,20,24). The van der Waals surface area contributed by atoms with E-state index in [1.54, 1.807) is 18.2 Å². The quantitative estimate of drug-likeness (QED) is 0.425. The third kappa shape index (κ3) is 4.87. The fourth-order valence-corrected chi connectivity index (χ4v) is 2.39. The lowest BCUT2D eigenvalue weighted by atomic mass is 10.1. The molecule has 0 saturated carbocycles. The van der Waals surface area contributed by atoms with Crippen molar-refractivity contribution < 1.29 is 19.2 Å². The van der Waals surface area contributed by atoms with Crippen molar-refractivity contribution in [3.63, 3.8) is 0 Å². The van der Waals surface area contributed by atoms with E-state index in [0.29, 0.717) is 11.0 Å². The number of carbonyl (C=O) groups is 2. The van der Waals surface area contributed by atoms with Crippen molar-refractivity contribution in [2.75, 3.05) is 13.3 Å². The minimum absolute atomic E-state index is 0.165. The van der Waals surface area contributed by atoms with Crippen LogP contribution in [-0.2, 0) is 20.7 Å². The van der Waals surface area contributed by atoms with E-state index in [0.717, 1.165) is 10.4 Å². The molecule has 0 bridgehead atoms. The highest BCUT2D eigenvalue weighted by Crippen LogP contribution is 2.10. The maximum Gasteiger partial charge on any atom is 0.363 e. The molecule has 1 amide bonds. The number of hydrogen-bond acceptors (Lipinski definition) is 7. The van der Waals surface area contributed by atoms with Crippen molar-refractivity contribution >= 4 is 22.9 Å². The van der Waals surface area contributed by atoms with Crippen LogP contribution in [-0.4, -0.2) is 46.4 Å². The van der Waals surface area contributed by atoms with Gasteiger partial charge in [-0.05, 0) is 22.9 Å². The van der Waals surface area contributed by atoms with Gasteiger partial charge in [0, 0.05) is 6.42 Å². The first kappa shape index (κ1) is 18.5. The normalized spacial score (nSPS) is 11.9. The Morgan fingerprint density at radius 2 is 1.85 bits per heavy atom. The van der Waals surface area contributed by atoms with Gasteiger partial charge in [0.2, 0.25) is 5.91 Å². The number of amides is 1. The van der Waals surface area contributed by atoms with E-state index in [1.807, 2.05) is 36.4 Å². The second-order valence-electron chi connectivity index (χ2n) is 5.65. The summed E-state index contributed by atoms with van der Waals surface area (Å²) in [5, 5.41) is 10.2. The highest BCUT2D eigenvalue weighted by atomic mass is 16.7. The predicted octanol–water partition coefficient (Wildman–Crippen LogP) is 0.0468. The first-order valence-electron chi connectivity index (χ1n) is 8.32. The fraction of sp³-hybridized carbons (Fsp3) is 0.222. The zero-order chi connectivity index (χ0) is 19.1. The van der Waals surface area contributed by atoms with E-state index >= 15 is 0 Å². The maximum absolute atomic E-state index is 12.6. The number of carbonyl (C=O) groups excluding carboxylic acids is 2. The molecule has 3 rings (SSSR count). The second-order valence-corrected chi connectivity index (χ2v) is 5.65. The molecular weight excluding hydrogens is 350 g/mol. The summed E-state index contributed by atoms with van der Waals surface area (Å²) in [7, 11) is 0. The minimum atomic E-state index is -0.951. The van der Waals surface area contributed by atoms with Gasteiger partial charge in [0.15, 0.2) is 6.10 Å². The number of nitrogens with one attached hydrogen (secondary N) is 1. The number of aromatic nitrogens is 3. The number of hydrogen-bond donors (Lipinski definition) is 2. The van der Waals surface area contributed by atoms with Gasteiger partial charge < -0.3 is 20.6 Å². The lowest BCUT2D eigenvalue weighted by Gasteiger charge is -2.16. The first-order chi connectivity index (χ1) is 13.2. The van der Waals surface area contributed by atoms with Crippen LogP contribution in [0.15, 0.2) is 54.6 Å². The van der Waals surface area contributed by atoms with Gasteiger partial charge in [-0.2, -0.15) is 0 Å². The number of rotatable bonds is 8. The zero-order valence-electron chi connectivity index (χ0n) is 14.4. The van der Waals surface area contributed by atoms with Gasteiger partial charge in [-0.3, -0.25) is 4.79 Å². The third-order valence-electron chi connectivity index (χ3n) is 3.76. The van der Waals surface area contributed by atoms with Gasteiger partial charge in [-0.15, -0.1) is 5.10 Å². The van der Waals surface area contributed by atoms with E-state index in [2.05, 4.69) is 15.6 Å². The molecule has 0 radical (unpaired) electrons. The molecule has 0 saturated heterocycles. The molecule has 1 heterocycles. The van der Waals surface area contributed by atoms with Crippen LogP contribution in [0.25, 0.3) is 11.0 Å². The Balaban J connectivity index is 1.71. The molecule has 1 aromatic heterocycles. The molecule has 0 aliphatic rings. The Bertz CT molecular complexity index is 912. The summed E-state index contributed by atoms with van der Waals surface area (Å²) in [5.41, 5.74) is 7.27. The lowest BCUT2D eigenvalue weighted by molar-refractivity contribution is -0.160. The highest BCUT2D eigenvalue weighted by molar-refractivity contribution is 5.79. The fourth-order valence-electron chi connectivity index (χ4n) is 2.39. The summed E-state index contributed by atoms with van der Waals surface area (Å²) < 4.78 is 5.52. The molecule has 3 aromatic rings. The molecule has 0 fully saturated rings. The predicted molar refractivity (Wildman–Crippen MR) is 96.2 cm³/mol. The van der Waals surface area contributed by atoms with E-state index < -0.39 is 12.1 Å². The molecule has 0 aliphatic carbocycles. The largest absolute Gasteiger partial charge is 0.363 e. The SMILES string of the molecule is NCC(=O)NCOC(Cc1ccccc1)C(=O)On1nnc2ccccc21. The van der Waals surface area contributed by atoms with Gasteiger partial charge in [0.1, 0.15) is 17.8 Å². The van der Waals surface area contributed by atoms with Crippen LogP contribution in [0.5, 0.6) is 0 Å². The summed E-state index contributed by atoms with van der Waals surface area (Å²) in [4.78, 5) is 30.3. The van der Waals surface area contributed by atoms with Crippen molar-refractivity contribution in [3.8, 4) is 0 Å². The number of nitrogens with zero attached hydrogens (tertiary/aromatic N) is 3. The van der Waals surface area contributed by atoms with Crippen LogP contribution >= 0.6 is 0 Å². The smallest absolute Gasteiger partial charge is 0.346 e. The molecule has 140 valence electrons. The molecule has 2 aromatic carbocycles. The first-order valence-corrected chi connectivity index (χ1v) is 8.32. The topological polar surface area (TPSA) is 121 Å². The Morgan fingerprint density at radius 3 is 2.63 bits per heavy atom. The van der Waals surface area contributed by atoms with Crippen molar-refractivity contribution in [1.29, 1.82) is 0 Å². The Kier molecular flexibility index (Phi) is 6.08. The molecule has 0 aliphatic heterocycles. The van der Waals surface area contributed by atoms with Crippen LogP contribution in [0, 0.1) is 0 Å². The molecule has 27 heavy (non-hydrogen) atoms. The van der Waals surface area contributed by atoms with Gasteiger partial charge >= 0.3 is 5.97 Å². The van der Waals surface area contributed by atoms with Crippen LogP contribution in [0.2, 0.25) is 0 Å². The van der Waals surface area contributed by atoms with Crippen molar-refractivity contribution in [2.45, 2.75) is 12.5 Å². The molecule has 9 heteroatoms. The van der Waals surface area contributed by atoms with Gasteiger partial charge in [-0.1, -0.05) is 47.3 Å². The Labute approximate surface area is 155 Å².